The lowest BCUT2D eigenvalue weighted by Gasteiger charge is -2.14. The predicted octanol–water partition coefficient (Wildman–Crippen LogP) is 0.936. The van der Waals surface area contributed by atoms with Gasteiger partial charge in [0, 0.05) is 7.05 Å². The van der Waals surface area contributed by atoms with Crippen LogP contribution in [0.25, 0.3) is 0 Å². The van der Waals surface area contributed by atoms with Crippen molar-refractivity contribution in [2.24, 2.45) is 0 Å². The molecule has 0 unspecified atom stereocenters. The zero-order valence-corrected chi connectivity index (χ0v) is 5.79. The first-order valence-electron chi connectivity index (χ1n) is 2.67. The Balaban J connectivity index is 3.50. The van der Waals surface area contributed by atoms with Crippen molar-refractivity contribution < 1.29 is 14.7 Å². The lowest BCUT2D eigenvalue weighted by Crippen LogP contribution is -2.27. The van der Waals surface area contributed by atoms with E-state index in [2.05, 4.69) is 0 Å². The highest BCUT2D eigenvalue weighted by Gasteiger charge is 2.06. The molecule has 0 aromatic heterocycles. The molecule has 0 aliphatic rings. The molecule has 0 saturated heterocycles. The molecule has 1 N–H and O–H groups in total. The topological polar surface area (TPSA) is 49.8 Å². The Bertz CT molecular complexity index is 102. The van der Waals surface area contributed by atoms with Gasteiger partial charge in [-0.3, -0.25) is 4.84 Å². The van der Waals surface area contributed by atoms with Crippen LogP contribution in [0.5, 0.6) is 0 Å². The van der Waals surface area contributed by atoms with Crippen LogP contribution in [0.2, 0.25) is 0 Å². The van der Waals surface area contributed by atoms with E-state index < -0.39 is 6.09 Å². The van der Waals surface area contributed by atoms with Crippen molar-refractivity contribution in [2.75, 3.05) is 7.05 Å². The minimum atomic E-state index is -1.08. The average Bonchev–Trinajstić information content (AvgIpc) is 1.63. The van der Waals surface area contributed by atoms with E-state index in [1.54, 1.807) is 13.8 Å². The van der Waals surface area contributed by atoms with E-state index in [9.17, 15) is 4.79 Å². The van der Waals surface area contributed by atoms with Crippen molar-refractivity contribution in [3.8, 4) is 0 Å². The van der Waals surface area contributed by atoms with Crippen LogP contribution in [0.4, 0.5) is 4.79 Å². The van der Waals surface area contributed by atoms with Crippen molar-refractivity contribution in [2.45, 2.75) is 20.0 Å². The molecule has 0 atom stereocenters. The molecular weight excluding hydrogens is 122 g/mol. The molecular formula is C5H11NO3. The van der Waals surface area contributed by atoms with Crippen LogP contribution < -0.4 is 0 Å². The number of carboxylic acid groups (broad SMARTS) is 1. The fourth-order valence-electron chi connectivity index (χ4n) is 0.361. The second-order valence-corrected chi connectivity index (χ2v) is 1.93. The zero-order valence-electron chi connectivity index (χ0n) is 5.79. The van der Waals surface area contributed by atoms with Gasteiger partial charge in [-0.2, -0.15) is 5.06 Å². The van der Waals surface area contributed by atoms with Gasteiger partial charge in [-0.25, -0.2) is 4.79 Å². The molecule has 0 bridgehead atoms. The normalized spacial score (nSPS) is 9.78. The third-order valence-corrected chi connectivity index (χ3v) is 0.638. The molecule has 0 spiro atoms. The first-order valence-corrected chi connectivity index (χ1v) is 2.67. The minimum Gasteiger partial charge on any atom is -0.463 e. The van der Waals surface area contributed by atoms with Gasteiger partial charge in [0.15, 0.2) is 0 Å². The SMILES string of the molecule is CC(C)ON(C)C(=O)O. The number of hydrogen-bond acceptors (Lipinski definition) is 2. The Kier molecular flexibility index (Phi) is 3.01. The maximum absolute atomic E-state index is 10.0. The van der Waals surface area contributed by atoms with Gasteiger partial charge in [0.1, 0.15) is 0 Å². The van der Waals surface area contributed by atoms with Crippen LogP contribution in [0.3, 0.4) is 0 Å². The molecule has 0 saturated carbocycles. The molecule has 0 aliphatic heterocycles. The molecule has 54 valence electrons. The lowest BCUT2D eigenvalue weighted by molar-refractivity contribution is -0.143. The van der Waals surface area contributed by atoms with Crippen molar-refractivity contribution in [3.05, 3.63) is 0 Å². The second-order valence-electron chi connectivity index (χ2n) is 1.93. The van der Waals surface area contributed by atoms with Gasteiger partial charge in [-0.1, -0.05) is 0 Å². The van der Waals surface area contributed by atoms with Crippen LogP contribution in [-0.2, 0) is 4.84 Å². The summed E-state index contributed by atoms with van der Waals surface area (Å²) in [6.07, 6.45) is -1.17. The smallest absolute Gasteiger partial charge is 0.431 e. The number of amides is 1. The third kappa shape index (κ3) is 3.78. The summed E-state index contributed by atoms with van der Waals surface area (Å²) in [7, 11) is 1.35. The number of nitrogens with zero attached hydrogens (tertiary/aromatic N) is 1. The van der Waals surface area contributed by atoms with Crippen LogP contribution in [0.15, 0.2) is 0 Å². The van der Waals surface area contributed by atoms with Gasteiger partial charge in [0.25, 0.3) is 0 Å². The van der Waals surface area contributed by atoms with Crippen molar-refractivity contribution in [1.82, 2.24) is 5.06 Å². The fraction of sp³-hybridized carbons (Fsp3) is 0.800. The minimum absolute atomic E-state index is 0.0916. The Morgan fingerprint density at radius 1 is 1.67 bits per heavy atom. The molecule has 0 aliphatic carbocycles. The average molecular weight is 133 g/mol. The molecule has 0 aromatic rings. The van der Waals surface area contributed by atoms with Crippen molar-refractivity contribution in [3.63, 3.8) is 0 Å². The molecule has 4 nitrogen and oxygen atoms in total. The van der Waals surface area contributed by atoms with Gasteiger partial charge in [0.2, 0.25) is 0 Å². The quantitative estimate of drug-likeness (QED) is 0.570. The largest absolute Gasteiger partial charge is 0.463 e. The summed E-state index contributed by atoms with van der Waals surface area (Å²) in [5.74, 6) is 0. The molecule has 0 heterocycles. The van der Waals surface area contributed by atoms with Crippen molar-refractivity contribution in [1.29, 1.82) is 0 Å². The molecule has 9 heavy (non-hydrogen) atoms. The Morgan fingerprint density at radius 2 is 2.11 bits per heavy atom. The summed E-state index contributed by atoms with van der Waals surface area (Å²) in [6, 6.07) is 0. The summed E-state index contributed by atoms with van der Waals surface area (Å²) in [4.78, 5) is 14.8. The predicted molar refractivity (Wildman–Crippen MR) is 32.0 cm³/mol. The highest BCUT2D eigenvalue weighted by molar-refractivity contribution is 5.62. The molecule has 0 fully saturated rings. The summed E-state index contributed by atoms with van der Waals surface area (Å²) in [5, 5.41) is 9.01. The highest BCUT2D eigenvalue weighted by atomic mass is 16.7. The molecule has 4 heteroatoms. The first kappa shape index (κ1) is 8.23. The van der Waals surface area contributed by atoms with Crippen molar-refractivity contribution >= 4 is 6.09 Å². The van der Waals surface area contributed by atoms with E-state index in [1.165, 1.54) is 7.05 Å². The van der Waals surface area contributed by atoms with Gasteiger partial charge >= 0.3 is 6.09 Å². The summed E-state index contributed by atoms with van der Waals surface area (Å²) in [5.41, 5.74) is 0. The van der Waals surface area contributed by atoms with Crippen LogP contribution in [-0.4, -0.2) is 29.4 Å². The van der Waals surface area contributed by atoms with Gasteiger partial charge in [0.05, 0.1) is 6.10 Å². The number of hydroxylamine groups is 2. The first-order chi connectivity index (χ1) is 4.04. The maximum atomic E-state index is 10.0. The summed E-state index contributed by atoms with van der Waals surface area (Å²) < 4.78 is 0. The molecule has 0 radical (unpaired) electrons. The lowest BCUT2D eigenvalue weighted by atomic mass is 10.5. The van der Waals surface area contributed by atoms with Gasteiger partial charge < -0.3 is 5.11 Å². The third-order valence-electron chi connectivity index (χ3n) is 0.638. The zero-order chi connectivity index (χ0) is 7.44. The Morgan fingerprint density at radius 3 is 2.22 bits per heavy atom. The van der Waals surface area contributed by atoms with E-state index in [1.807, 2.05) is 0 Å². The van der Waals surface area contributed by atoms with E-state index in [-0.39, 0.29) is 6.10 Å². The summed E-state index contributed by atoms with van der Waals surface area (Å²) in [6.45, 7) is 3.53. The fourth-order valence-corrected chi connectivity index (χ4v) is 0.361. The highest BCUT2D eigenvalue weighted by Crippen LogP contribution is 1.92. The standard InChI is InChI=1S/C5H11NO3/c1-4(2)9-6(3)5(7)8/h4H,1-3H3,(H,7,8). The Hall–Kier alpha value is -0.770. The van der Waals surface area contributed by atoms with E-state index in [0.29, 0.717) is 0 Å². The molecule has 1 amide bonds. The van der Waals surface area contributed by atoms with E-state index in [4.69, 9.17) is 9.94 Å². The number of carbonyl (C=O) groups is 1. The van der Waals surface area contributed by atoms with Gasteiger partial charge in [-0.15, -0.1) is 0 Å². The number of hydrogen-bond donors (Lipinski definition) is 1. The van der Waals surface area contributed by atoms with Crippen LogP contribution in [0.1, 0.15) is 13.8 Å². The van der Waals surface area contributed by atoms with Gasteiger partial charge in [-0.05, 0) is 13.8 Å². The maximum Gasteiger partial charge on any atom is 0.431 e. The Labute approximate surface area is 54.0 Å². The van der Waals surface area contributed by atoms with E-state index in [0.717, 1.165) is 5.06 Å². The van der Waals surface area contributed by atoms with Crippen LogP contribution in [0, 0.1) is 0 Å². The number of rotatable bonds is 2. The molecule has 0 aromatic carbocycles. The molecule has 0 rings (SSSR count). The monoisotopic (exact) mass is 133 g/mol. The summed E-state index contributed by atoms with van der Waals surface area (Å²) >= 11 is 0. The van der Waals surface area contributed by atoms with E-state index >= 15 is 0 Å². The second kappa shape index (κ2) is 3.29. The van der Waals surface area contributed by atoms with Crippen LogP contribution >= 0.6 is 0 Å².